The number of ether oxygens (including phenoxy) is 1. The normalized spacial score (nSPS) is 11.9. The van der Waals surface area contributed by atoms with Gasteiger partial charge in [0.05, 0.1) is 23.3 Å². The fourth-order valence-electron chi connectivity index (χ4n) is 3.57. The summed E-state index contributed by atoms with van der Waals surface area (Å²) in [5, 5.41) is 1.74. The van der Waals surface area contributed by atoms with E-state index in [1.54, 1.807) is 37.4 Å². The molecule has 0 aliphatic heterocycles. The lowest BCUT2D eigenvalue weighted by Crippen LogP contribution is -2.05. The average molecular weight is 487 g/mol. The predicted molar refractivity (Wildman–Crippen MR) is 121 cm³/mol. The van der Waals surface area contributed by atoms with Crippen molar-refractivity contribution < 1.29 is 17.9 Å². The third kappa shape index (κ3) is 3.30. The van der Waals surface area contributed by atoms with E-state index < -0.39 is 15.8 Å². The largest absolute Gasteiger partial charge is 0.465 e. The Morgan fingerprint density at radius 3 is 2.70 bits per heavy atom. The molecule has 0 amide bonds. The van der Waals surface area contributed by atoms with Crippen LogP contribution in [0.2, 0.25) is 0 Å². The number of methoxy groups -OCH3 is 1. The Labute approximate surface area is 182 Å². The van der Waals surface area contributed by atoms with Crippen molar-refractivity contribution in [3.05, 3.63) is 58.2 Å². The highest BCUT2D eigenvalue weighted by Crippen LogP contribution is 2.42. The fourth-order valence-corrected chi connectivity index (χ4v) is 5.19. The first-order valence-corrected chi connectivity index (χ1v) is 11.7. The van der Waals surface area contributed by atoms with Crippen LogP contribution < -0.4 is 0 Å². The minimum absolute atomic E-state index is 0.00539. The molecule has 0 bridgehead atoms. The third-order valence-corrected chi connectivity index (χ3v) is 7.63. The van der Waals surface area contributed by atoms with Gasteiger partial charge < -0.3 is 9.72 Å². The van der Waals surface area contributed by atoms with Crippen LogP contribution in [0.15, 0.2) is 52.0 Å². The smallest absolute Gasteiger partial charge is 0.339 e. The molecular formula is C22H19BrN2O4S. The molecule has 0 saturated heterocycles. The number of fused-ring (bicyclic) bond motifs is 3. The number of aryl methyl sites for hydroxylation is 1. The van der Waals surface area contributed by atoms with Crippen molar-refractivity contribution in [3.63, 3.8) is 0 Å². The molecule has 1 N–H and O–H groups in total. The SMILES string of the molecule is CCS(=O)(=O)c1cccc(-c2c(Br)c(C(=O)OC)cc3[nH]c4ncc(C)cc4c23)c1. The van der Waals surface area contributed by atoms with Crippen LogP contribution in [-0.4, -0.2) is 37.2 Å². The zero-order valence-electron chi connectivity index (χ0n) is 16.6. The van der Waals surface area contributed by atoms with Crippen LogP contribution in [0.1, 0.15) is 22.8 Å². The van der Waals surface area contributed by atoms with Crippen molar-refractivity contribution >= 4 is 53.7 Å². The van der Waals surface area contributed by atoms with Crippen LogP contribution in [0.3, 0.4) is 0 Å². The van der Waals surface area contributed by atoms with Crippen LogP contribution >= 0.6 is 15.9 Å². The number of aromatic amines is 1. The summed E-state index contributed by atoms with van der Waals surface area (Å²) >= 11 is 3.58. The summed E-state index contributed by atoms with van der Waals surface area (Å²) in [5.74, 6) is -0.490. The van der Waals surface area contributed by atoms with Gasteiger partial charge in [0.15, 0.2) is 9.84 Å². The van der Waals surface area contributed by atoms with E-state index in [2.05, 4.69) is 25.9 Å². The van der Waals surface area contributed by atoms with Gasteiger partial charge in [0.1, 0.15) is 5.65 Å². The van der Waals surface area contributed by atoms with E-state index >= 15 is 0 Å². The van der Waals surface area contributed by atoms with Gasteiger partial charge in [-0.15, -0.1) is 0 Å². The molecule has 0 spiro atoms. The van der Waals surface area contributed by atoms with Gasteiger partial charge in [0.25, 0.3) is 0 Å². The number of pyridine rings is 1. The Kier molecular flexibility index (Phi) is 5.15. The summed E-state index contributed by atoms with van der Waals surface area (Å²) in [6.45, 7) is 3.57. The average Bonchev–Trinajstić information content (AvgIpc) is 3.10. The summed E-state index contributed by atoms with van der Waals surface area (Å²) < 4.78 is 30.4. The predicted octanol–water partition coefficient (Wildman–Crippen LogP) is 5.03. The van der Waals surface area contributed by atoms with Crippen molar-refractivity contribution in [2.24, 2.45) is 0 Å². The number of carbonyl (C=O) groups is 1. The van der Waals surface area contributed by atoms with E-state index in [4.69, 9.17) is 4.74 Å². The standard InChI is InChI=1S/C22H19BrN2O4S/c1-4-30(27,28)14-7-5-6-13(9-14)18-19-15-8-12(2)11-24-21(15)25-17(19)10-16(20(18)23)22(26)29-3/h5-11H,4H2,1-3H3,(H,24,25). The molecule has 0 radical (unpaired) electrons. The highest BCUT2D eigenvalue weighted by molar-refractivity contribution is 9.10. The van der Waals surface area contributed by atoms with Gasteiger partial charge >= 0.3 is 5.97 Å². The molecule has 0 aliphatic rings. The first-order valence-electron chi connectivity index (χ1n) is 9.29. The van der Waals surface area contributed by atoms with Crippen molar-refractivity contribution in [1.29, 1.82) is 0 Å². The number of nitrogens with one attached hydrogen (secondary N) is 1. The molecule has 30 heavy (non-hydrogen) atoms. The minimum Gasteiger partial charge on any atom is -0.465 e. The van der Waals surface area contributed by atoms with Crippen molar-refractivity contribution in [3.8, 4) is 11.1 Å². The van der Waals surface area contributed by atoms with Gasteiger partial charge in [-0.2, -0.15) is 0 Å². The maximum atomic E-state index is 12.5. The Morgan fingerprint density at radius 1 is 1.23 bits per heavy atom. The Bertz CT molecular complexity index is 1420. The Balaban J connectivity index is 2.16. The zero-order valence-corrected chi connectivity index (χ0v) is 19.0. The van der Waals surface area contributed by atoms with Gasteiger partial charge in [-0.1, -0.05) is 19.1 Å². The van der Waals surface area contributed by atoms with Crippen LogP contribution in [0, 0.1) is 6.92 Å². The zero-order chi connectivity index (χ0) is 21.6. The van der Waals surface area contributed by atoms with Crippen LogP contribution in [0.5, 0.6) is 0 Å². The summed E-state index contributed by atoms with van der Waals surface area (Å²) in [6, 6.07) is 10.5. The number of nitrogens with zero attached hydrogens (tertiary/aromatic N) is 1. The van der Waals surface area contributed by atoms with Crippen LogP contribution in [0.4, 0.5) is 0 Å². The number of sulfone groups is 1. The molecule has 4 rings (SSSR count). The minimum atomic E-state index is -3.39. The van der Waals surface area contributed by atoms with E-state index in [0.717, 1.165) is 16.3 Å². The molecular weight excluding hydrogens is 468 g/mol. The van der Waals surface area contributed by atoms with Crippen molar-refractivity contribution in [2.75, 3.05) is 12.9 Å². The lowest BCUT2D eigenvalue weighted by molar-refractivity contribution is 0.0600. The van der Waals surface area contributed by atoms with Crippen molar-refractivity contribution in [2.45, 2.75) is 18.7 Å². The molecule has 0 aliphatic carbocycles. The van der Waals surface area contributed by atoms with Gasteiger partial charge in [-0.25, -0.2) is 18.2 Å². The quantitative estimate of drug-likeness (QED) is 0.408. The number of carbonyl (C=O) groups excluding carboxylic acids is 1. The van der Waals surface area contributed by atoms with Crippen molar-refractivity contribution in [1.82, 2.24) is 9.97 Å². The second kappa shape index (κ2) is 7.52. The van der Waals surface area contributed by atoms with E-state index in [-0.39, 0.29) is 10.6 Å². The van der Waals surface area contributed by atoms with Crippen LogP contribution in [-0.2, 0) is 14.6 Å². The number of esters is 1. The molecule has 0 fully saturated rings. The Morgan fingerprint density at radius 2 is 2.00 bits per heavy atom. The third-order valence-electron chi connectivity index (χ3n) is 5.08. The summed E-state index contributed by atoms with van der Waals surface area (Å²) in [7, 11) is -2.07. The second-order valence-corrected chi connectivity index (χ2v) is 10.1. The molecule has 0 saturated carbocycles. The number of hydrogen-bond acceptors (Lipinski definition) is 5. The molecule has 2 aromatic carbocycles. The first kappa shape index (κ1) is 20.6. The maximum Gasteiger partial charge on any atom is 0.339 e. The van der Waals surface area contributed by atoms with E-state index in [9.17, 15) is 13.2 Å². The van der Waals surface area contributed by atoms with Gasteiger partial charge in [0, 0.05) is 32.5 Å². The fraction of sp³-hybridized carbons (Fsp3) is 0.182. The number of H-pyrrole nitrogens is 1. The second-order valence-electron chi connectivity index (χ2n) is 6.99. The molecule has 2 heterocycles. The number of hydrogen-bond donors (Lipinski definition) is 1. The lowest BCUT2D eigenvalue weighted by Gasteiger charge is -2.13. The van der Waals surface area contributed by atoms with Gasteiger partial charge in [-0.05, 0) is 58.2 Å². The molecule has 2 aromatic heterocycles. The summed E-state index contributed by atoms with van der Waals surface area (Å²) in [6.07, 6.45) is 1.77. The summed E-state index contributed by atoms with van der Waals surface area (Å²) in [4.78, 5) is 20.4. The monoisotopic (exact) mass is 486 g/mol. The maximum absolute atomic E-state index is 12.5. The number of aromatic nitrogens is 2. The number of halogens is 1. The van der Waals surface area contributed by atoms with E-state index in [1.165, 1.54) is 7.11 Å². The van der Waals surface area contributed by atoms with Gasteiger partial charge in [-0.3, -0.25) is 0 Å². The molecule has 8 heteroatoms. The van der Waals surface area contributed by atoms with E-state index in [0.29, 0.717) is 32.3 Å². The number of benzene rings is 2. The molecule has 0 atom stereocenters. The summed E-state index contributed by atoms with van der Waals surface area (Å²) in [5.41, 5.74) is 4.11. The molecule has 4 aromatic rings. The Hall–Kier alpha value is -2.71. The molecule has 6 nitrogen and oxygen atoms in total. The highest BCUT2D eigenvalue weighted by Gasteiger charge is 2.23. The van der Waals surface area contributed by atoms with Crippen LogP contribution in [0.25, 0.3) is 33.1 Å². The first-order chi connectivity index (χ1) is 14.3. The van der Waals surface area contributed by atoms with E-state index in [1.807, 2.05) is 19.1 Å². The van der Waals surface area contributed by atoms with Gasteiger partial charge in [0.2, 0.25) is 0 Å². The topological polar surface area (TPSA) is 89.1 Å². The molecule has 154 valence electrons. The highest BCUT2D eigenvalue weighted by atomic mass is 79.9. The number of rotatable bonds is 4. The molecule has 0 unspecified atom stereocenters. The lowest BCUT2D eigenvalue weighted by atomic mass is 9.97.